The van der Waals surface area contributed by atoms with E-state index < -0.39 is 0 Å². The highest BCUT2D eigenvalue weighted by molar-refractivity contribution is 5.87. The molecular weight excluding hydrogens is 400 g/mol. The van der Waals surface area contributed by atoms with Crippen LogP contribution in [0.15, 0.2) is 42.5 Å². The molecule has 0 unspecified atom stereocenters. The van der Waals surface area contributed by atoms with E-state index in [0.717, 1.165) is 80.3 Å². The van der Waals surface area contributed by atoms with Gasteiger partial charge in [-0.2, -0.15) is 5.10 Å². The number of aromatic nitrogens is 3. The van der Waals surface area contributed by atoms with Crippen LogP contribution in [0.25, 0.3) is 11.0 Å². The van der Waals surface area contributed by atoms with Crippen molar-refractivity contribution in [2.24, 2.45) is 5.92 Å². The highest BCUT2D eigenvalue weighted by Gasteiger charge is 2.31. The van der Waals surface area contributed by atoms with Crippen molar-refractivity contribution in [1.82, 2.24) is 25.0 Å². The lowest BCUT2D eigenvalue weighted by Crippen LogP contribution is -2.43. The molecule has 2 N–H and O–H groups in total. The molecule has 1 atom stereocenters. The van der Waals surface area contributed by atoms with Gasteiger partial charge in [0.2, 0.25) is 5.91 Å². The zero-order chi connectivity index (χ0) is 21.9. The van der Waals surface area contributed by atoms with Crippen LogP contribution in [0, 0.1) is 5.92 Å². The molecule has 0 bridgehead atoms. The molecule has 1 amide bonds. The third-order valence-electron chi connectivity index (χ3n) is 6.93. The van der Waals surface area contributed by atoms with E-state index in [4.69, 9.17) is 4.98 Å². The van der Waals surface area contributed by atoms with E-state index in [2.05, 4.69) is 51.6 Å². The number of nitrogens with one attached hydrogen (secondary N) is 2. The van der Waals surface area contributed by atoms with Crippen LogP contribution in [0.3, 0.4) is 0 Å². The lowest BCUT2D eigenvalue weighted by atomic mass is 9.99. The maximum atomic E-state index is 12.9. The average molecular weight is 433 g/mol. The topological polar surface area (TPSA) is 77.2 Å². The molecule has 2 saturated heterocycles. The molecule has 2 aliphatic rings. The number of hydrogen-bond donors (Lipinski definition) is 2. The number of carbonyl (C=O) groups is 1. The first-order valence-corrected chi connectivity index (χ1v) is 11.8. The van der Waals surface area contributed by atoms with Crippen LogP contribution in [0.4, 0.5) is 5.82 Å². The number of likely N-dealkylation sites (tertiary alicyclic amines) is 2. The predicted octanol–water partition coefficient (Wildman–Crippen LogP) is 3.97. The summed E-state index contributed by atoms with van der Waals surface area (Å²) in [5.41, 5.74) is 3.03. The fourth-order valence-electron chi connectivity index (χ4n) is 4.90. The van der Waals surface area contributed by atoms with Gasteiger partial charge < -0.3 is 10.2 Å². The van der Waals surface area contributed by atoms with Gasteiger partial charge in [0, 0.05) is 19.6 Å². The SMILES string of the molecule is CC1CCN(C(=O)CN2CCC[C@H]2c2ccc3c(NCc4ccccc4)n[nH]c3n2)CC1. The fourth-order valence-corrected chi connectivity index (χ4v) is 4.90. The summed E-state index contributed by atoms with van der Waals surface area (Å²) in [5, 5.41) is 11.9. The number of H-pyrrole nitrogens is 1. The highest BCUT2D eigenvalue weighted by Crippen LogP contribution is 2.32. The second-order valence-corrected chi connectivity index (χ2v) is 9.24. The zero-order valence-electron chi connectivity index (χ0n) is 18.8. The Labute approximate surface area is 189 Å². The van der Waals surface area contributed by atoms with Crippen molar-refractivity contribution in [3.05, 3.63) is 53.7 Å². The molecule has 168 valence electrons. The van der Waals surface area contributed by atoms with Gasteiger partial charge in [0.1, 0.15) is 0 Å². The van der Waals surface area contributed by atoms with Gasteiger partial charge in [-0.15, -0.1) is 0 Å². The minimum absolute atomic E-state index is 0.191. The highest BCUT2D eigenvalue weighted by atomic mass is 16.2. The lowest BCUT2D eigenvalue weighted by Gasteiger charge is -2.32. The Bertz CT molecular complexity index is 1060. The maximum absolute atomic E-state index is 12.9. The number of pyridine rings is 1. The molecule has 0 spiro atoms. The first kappa shape index (κ1) is 20.9. The number of piperidine rings is 1. The van der Waals surface area contributed by atoms with Crippen molar-refractivity contribution < 1.29 is 4.79 Å². The molecule has 0 aliphatic carbocycles. The predicted molar refractivity (Wildman–Crippen MR) is 126 cm³/mol. The van der Waals surface area contributed by atoms with Crippen molar-refractivity contribution in [2.75, 3.05) is 31.5 Å². The monoisotopic (exact) mass is 432 g/mol. The largest absolute Gasteiger partial charge is 0.364 e. The summed E-state index contributed by atoms with van der Waals surface area (Å²) in [5.74, 6) is 1.82. The van der Waals surface area contributed by atoms with Gasteiger partial charge in [0.15, 0.2) is 11.5 Å². The van der Waals surface area contributed by atoms with Gasteiger partial charge >= 0.3 is 0 Å². The summed E-state index contributed by atoms with van der Waals surface area (Å²) < 4.78 is 0. The molecule has 7 nitrogen and oxygen atoms in total. The zero-order valence-corrected chi connectivity index (χ0v) is 18.8. The Morgan fingerprint density at radius 3 is 2.72 bits per heavy atom. The van der Waals surface area contributed by atoms with Crippen LogP contribution >= 0.6 is 0 Å². The number of rotatable bonds is 6. The Morgan fingerprint density at radius 1 is 1.09 bits per heavy atom. The standard InChI is InChI=1S/C25H32N6O/c1-18-11-14-30(15-12-18)23(32)17-31-13-5-8-22(31)21-10-9-20-24(28-29-25(20)27-21)26-16-19-6-3-2-4-7-19/h2-4,6-7,9-10,18,22H,5,8,11-17H2,1H3,(H2,26,27,28,29)/t22-/m0/s1. The van der Waals surface area contributed by atoms with E-state index in [9.17, 15) is 4.79 Å². The average Bonchev–Trinajstić information content (AvgIpc) is 3.45. The van der Waals surface area contributed by atoms with Crippen LogP contribution < -0.4 is 5.32 Å². The van der Waals surface area contributed by atoms with Crippen molar-refractivity contribution in [1.29, 1.82) is 0 Å². The summed E-state index contributed by atoms with van der Waals surface area (Å²) in [6, 6.07) is 14.7. The molecule has 2 aromatic heterocycles. The third-order valence-corrected chi connectivity index (χ3v) is 6.93. The molecule has 4 heterocycles. The van der Waals surface area contributed by atoms with Gasteiger partial charge in [-0.25, -0.2) is 4.98 Å². The normalized spacial score (nSPS) is 20.2. The Kier molecular flexibility index (Phi) is 6.08. The third kappa shape index (κ3) is 4.48. The van der Waals surface area contributed by atoms with Crippen molar-refractivity contribution in [3.63, 3.8) is 0 Å². The molecule has 1 aromatic carbocycles. The second kappa shape index (κ2) is 9.28. The smallest absolute Gasteiger partial charge is 0.236 e. The Hall–Kier alpha value is -2.93. The Balaban J connectivity index is 1.26. The summed E-state index contributed by atoms with van der Waals surface area (Å²) in [6.07, 6.45) is 4.37. The molecule has 5 rings (SSSR count). The van der Waals surface area contributed by atoms with Crippen molar-refractivity contribution in [2.45, 2.75) is 45.2 Å². The van der Waals surface area contributed by atoms with Crippen LogP contribution in [0.1, 0.15) is 49.9 Å². The number of hydrogen-bond acceptors (Lipinski definition) is 5. The number of benzene rings is 1. The van der Waals surface area contributed by atoms with Crippen LogP contribution in [0.5, 0.6) is 0 Å². The maximum Gasteiger partial charge on any atom is 0.236 e. The minimum Gasteiger partial charge on any atom is -0.364 e. The first-order valence-electron chi connectivity index (χ1n) is 11.8. The van der Waals surface area contributed by atoms with Gasteiger partial charge in [-0.1, -0.05) is 37.3 Å². The molecule has 3 aromatic rings. The first-order chi connectivity index (χ1) is 15.7. The number of fused-ring (bicyclic) bond motifs is 1. The Morgan fingerprint density at radius 2 is 1.91 bits per heavy atom. The molecule has 2 fully saturated rings. The quantitative estimate of drug-likeness (QED) is 0.616. The second-order valence-electron chi connectivity index (χ2n) is 9.24. The van der Waals surface area contributed by atoms with E-state index in [-0.39, 0.29) is 11.9 Å². The molecule has 32 heavy (non-hydrogen) atoms. The van der Waals surface area contributed by atoms with Crippen molar-refractivity contribution >= 4 is 22.8 Å². The van der Waals surface area contributed by atoms with E-state index in [1.165, 1.54) is 5.56 Å². The number of aromatic amines is 1. The molecule has 0 saturated carbocycles. The molecule has 0 radical (unpaired) electrons. The van der Waals surface area contributed by atoms with Crippen LogP contribution in [0.2, 0.25) is 0 Å². The summed E-state index contributed by atoms with van der Waals surface area (Å²) in [4.78, 5) is 22.1. The number of amides is 1. The fraction of sp³-hybridized carbons (Fsp3) is 0.480. The van der Waals surface area contributed by atoms with E-state index >= 15 is 0 Å². The molecular formula is C25H32N6O. The van der Waals surface area contributed by atoms with Gasteiger partial charge in [0.25, 0.3) is 0 Å². The van der Waals surface area contributed by atoms with Crippen LogP contribution in [-0.4, -0.2) is 57.1 Å². The molecule has 7 heteroatoms. The number of anilines is 1. The lowest BCUT2D eigenvalue weighted by molar-refractivity contribution is -0.134. The van der Waals surface area contributed by atoms with Crippen molar-refractivity contribution in [3.8, 4) is 0 Å². The summed E-state index contributed by atoms with van der Waals surface area (Å²) in [7, 11) is 0. The molecule has 2 aliphatic heterocycles. The summed E-state index contributed by atoms with van der Waals surface area (Å²) in [6.45, 7) is 6.23. The van der Waals surface area contributed by atoms with E-state index in [1.807, 2.05) is 23.1 Å². The van der Waals surface area contributed by atoms with E-state index in [0.29, 0.717) is 6.54 Å². The van der Waals surface area contributed by atoms with Gasteiger partial charge in [-0.05, 0) is 55.8 Å². The van der Waals surface area contributed by atoms with Gasteiger partial charge in [-0.3, -0.25) is 14.8 Å². The van der Waals surface area contributed by atoms with Crippen LogP contribution in [-0.2, 0) is 11.3 Å². The van der Waals surface area contributed by atoms with Gasteiger partial charge in [0.05, 0.1) is 23.7 Å². The number of carbonyl (C=O) groups excluding carboxylic acids is 1. The minimum atomic E-state index is 0.191. The van der Waals surface area contributed by atoms with E-state index in [1.54, 1.807) is 0 Å². The summed E-state index contributed by atoms with van der Waals surface area (Å²) >= 11 is 0. The number of nitrogens with zero attached hydrogens (tertiary/aromatic N) is 4.